The number of hydrogen-bond acceptors (Lipinski definition) is 3. The molecule has 1 fully saturated rings. The number of nitrogens with zero attached hydrogens (tertiary/aromatic N) is 1. The van der Waals surface area contributed by atoms with Crippen molar-refractivity contribution >= 4 is 6.29 Å². The molecular weight excluding hydrogens is 140 g/mol. The summed E-state index contributed by atoms with van der Waals surface area (Å²) in [7, 11) is 4.20. The van der Waals surface area contributed by atoms with Gasteiger partial charge < -0.3 is 15.0 Å². The highest BCUT2D eigenvalue weighted by molar-refractivity contribution is 5.44. The minimum absolute atomic E-state index is 0.750. The molecule has 1 N–H and O–H groups in total. The Kier molecular flexibility index (Phi) is 6.07. The first-order chi connectivity index (χ1) is 5.24. The van der Waals surface area contributed by atoms with Crippen LogP contribution >= 0.6 is 0 Å². The summed E-state index contributed by atoms with van der Waals surface area (Å²) in [6, 6.07) is 0.750. The summed E-state index contributed by atoms with van der Waals surface area (Å²) in [5.41, 5.74) is 0. The zero-order valence-corrected chi connectivity index (χ0v) is 7.63. The van der Waals surface area contributed by atoms with Gasteiger partial charge in [0.2, 0.25) is 0 Å². The van der Waals surface area contributed by atoms with Crippen molar-refractivity contribution in [2.24, 2.45) is 0 Å². The fraction of sp³-hybridized carbons (Fsp3) is 0.875. The van der Waals surface area contributed by atoms with Crippen molar-refractivity contribution in [3.63, 3.8) is 0 Å². The number of aldehydes is 1. The molecular formula is C8H18N2O. The zero-order valence-electron chi connectivity index (χ0n) is 7.63. The highest BCUT2D eigenvalue weighted by Crippen LogP contribution is 2.04. The number of likely N-dealkylation sites (N-methyl/N-ethyl adjacent to an activating group) is 2. The third-order valence-corrected chi connectivity index (χ3v) is 1.80. The fourth-order valence-corrected chi connectivity index (χ4v) is 1.17. The van der Waals surface area contributed by atoms with Gasteiger partial charge in [0.25, 0.3) is 0 Å². The van der Waals surface area contributed by atoms with E-state index in [0.717, 1.165) is 12.3 Å². The molecule has 0 bridgehead atoms. The smallest absolute Gasteiger partial charge is 0.116 e. The van der Waals surface area contributed by atoms with Crippen LogP contribution in [-0.4, -0.2) is 44.4 Å². The predicted molar refractivity (Wildman–Crippen MR) is 46.7 cm³/mol. The number of nitrogens with one attached hydrogen (secondary N) is 1. The van der Waals surface area contributed by atoms with Crippen LogP contribution in [0.5, 0.6) is 0 Å². The van der Waals surface area contributed by atoms with Crippen molar-refractivity contribution in [3.8, 4) is 0 Å². The van der Waals surface area contributed by atoms with Crippen LogP contribution in [0.2, 0.25) is 0 Å². The largest absolute Gasteiger partial charge is 0.316 e. The van der Waals surface area contributed by atoms with E-state index < -0.39 is 0 Å². The molecule has 1 aliphatic heterocycles. The molecule has 1 aliphatic rings. The van der Waals surface area contributed by atoms with Gasteiger partial charge in [-0.25, -0.2) is 0 Å². The van der Waals surface area contributed by atoms with E-state index >= 15 is 0 Å². The summed E-state index contributed by atoms with van der Waals surface area (Å²) in [6.07, 6.45) is 2.06. The Hall–Kier alpha value is -0.410. The Morgan fingerprint density at radius 1 is 1.64 bits per heavy atom. The van der Waals surface area contributed by atoms with Crippen LogP contribution in [0.3, 0.4) is 0 Å². The lowest BCUT2D eigenvalue weighted by Gasteiger charge is -2.07. The third-order valence-electron chi connectivity index (χ3n) is 1.80. The topological polar surface area (TPSA) is 32.3 Å². The maximum absolute atomic E-state index is 8.81. The average Bonchev–Trinajstić information content (AvgIpc) is 2.37. The molecule has 11 heavy (non-hydrogen) atoms. The lowest BCUT2D eigenvalue weighted by Crippen LogP contribution is -2.27. The predicted octanol–water partition coefficient (Wildman–Crippen LogP) is 0.115. The summed E-state index contributed by atoms with van der Waals surface area (Å²) < 4.78 is 0. The minimum Gasteiger partial charge on any atom is -0.316 e. The Morgan fingerprint density at radius 3 is 2.36 bits per heavy atom. The fourth-order valence-electron chi connectivity index (χ4n) is 1.17. The molecule has 3 heteroatoms. The van der Waals surface area contributed by atoms with Gasteiger partial charge in [-0.3, -0.25) is 0 Å². The molecule has 0 saturated carbocycles. The Labute approximate surface area is 68.8 Å². The van der Waals surface area contributed by atoms with Gasteiger partial charge in [-0.05, 0) is 34.0 Å². The number of hydrogen-bond donors (Lipinski definition) is 1. The molecule has 0 amide bonds. The average molecular weight is 158 g/mol. The first kappa shape index (κ1) is 10.6. The van der Waals surface area contributed by atoms with E-state index in [-0.39, 0.29) is 0 Å². The van der Waals surface area contributed by atoms with Gasteiger partial charge in [0.15, 0.2) is 0 Å². The SMILES string of the molecule is CC=O.CNC1CCN(C)C1. The number of likely N-dealkylation sites (tertiary alicyclic amines) is 1. The lowest BCUT2D eigenvalue weighted by molar-refractivity contribution is -0.106. The van der Waals surface area contributed by atoms with Crippen molar-refractivity contribution in [3.05, 3.63) is 0 Å². The molecule has 1 saturated heterocycles. The lowest BCUT2D eigenvalue weighted by atomic mass is 10.3. The summed E-state index contributed by atoms with van der Waals surface area (Å²) in [4.78, 5) is 11.2. The van der Waals surface area contributed by atoms with Gasteiger partial charge >= 0.3 is 0 Å². The van der Waals surface area contributed by atoms with E-state index in [4.69, 9.17) is 4.79 Å². The molecule has 0 aromatic heterocycles. The number of carbonyl (C=O) groups is 1. The summed E-state index contributed by atoms with van der Waals surface area (Å²) in [5, 5.41) is 3.25. The standard InChI is InChI=1S/C6H14N2.C2H4O/c1-7-6-3-4-8(2)5-6;1-2-3/h6-7H,3-5H2,1-2H3;2H,1H3. The van der Waals surface area contributed by atoms with Gasteiger partial charge in [0.1, 0.15) is 6.29 Å². The van der Waals surface area contributed by atoms with E-state index in [9.17, 15) is 0 Å². The molecule has 1 heterocycles. The number of carbonyl (C=O) groups excluding carboxylic acids is 1. The van der Waals surface area contributed by atoms with E-state index in [1.54, 1.807) is 0 Å². The van der Waals surface area contributed by atoms with Crippen LogP contribution in [-0.2, 0) is 4.79 Å². The van der Waals surface area contributed by atoms with E-state index in [0.29, 0.717) is 0 Å². The first-order valence-corrected chi connectivity index (χ1v) is 4.00. The van der Waals surface area contributed by atoms with Gasteiger partial charge in [-0.1, -0.05) is 0 Å². The van der Waals surface area contributed by atoms with Crippen molar-refractivity contribution in [1.82, 2.24) is 10.2 Å². The minimum atomic E-state index is 0.750. The third kappa shape index (κ3) is 4.93. The van der Waals surface area contributed by atoms with E-state index in [1.165, 1.54) is 26.4 Å². The van der Waals surface area contributed by atoms with Crippen LogP contribution in [0.25, 0.3) is 0 Å². The van der Waals surface area contributed by atoms with Crippen LogP contribution in [0.1, 0.15) is 13.3 Å². The van der Waals surface area contributed by atoms with Gasteiger partial charge in [0, 0.05) is 12.6 Å². The Bertz CT molecular complexity index is 106. The molecule has 0 aromatic carbocycles. The highest BCUT2D eigenvalue weighted by atomic mass is 16.1. The number of rotatable bonds is 1. The monoisotopic (exact) mass is 158 g/mol. The molecule has 66 valence electrons. The second kappa shape index (κ2) is 6.31. The van der Waals surface area contributed by atoms with Crippen LogP contribution in [0.15, 0.2) is 0 Å². The van der Waals surface area contributed by atoms with Gasteiger partial charge in [-0.15, -0.1) is 0 Å². The van der Waals surface area contributed by atoms with Crippen LogP contribution in [0, 0.1) is 0 Å². The molecule has 0 spiro atoms. The maximum Gasteiger partial charge on any atom is 0.116 e. The molecule has 1 rings (SSSR count). The zero-order chi connectivity index (χ0) is 8.69. The molecule has 0 aliphatic carbocycles. The van der Waals surface area contributed by atoms with Crippen LogP contribution < -0.4 is 5.32 Å². The molecule has 0 aromatic rings. The highest BCUT2D eigenvalue weighted by Gasteiger charge is 2.16. The maximum atomic E-state index is 8.81. The molecule has 1 atom stereocenters. The van der Waals surface area contributed by atoms with Gasteiger partial charge in [0.05, 0.1) is 0 Å². The Morgan fingerprint density at radius 2 is 2.18 bits per heavy atom. The second-order valence-electron chi connectivity index (χ2n) is 2.77. The van der Waals surface area contributed by atoms with E-state index in [2.05, 4.69) is 17.3 Å². The molecule has 0 radical (unpaired) electrons. The summed E-state index contributed by atoms with van der Waals surface area (Å²) >= 11 is 0. The second-order valence-corrected chi connectivity index (χ2v) is 2.77. The summed E-state index contributed by atoms with van der Waals surface area (Å²) in [6.45, 7) is 3.92. The molecule has 1 unspecified atom stereocenters. The Balaban J connectivity index is 0.000000292. The normalized spacial score (nSPS) is 24.1. The van der Waals surface area contributed by atoms with Crippen molar-refractivity contribution in [1.29, 1.82) is 0 Å². The van der Waals surface area contributed by atoms with Gasteiger partial charge in [-0.2, -0.15) is 0 Å². The first-order valence-electron chi connectivity index (χ1n) is 4.00. The van der Waals surface area contributed by atoms with Crippen molar-refractivity contribution in [2.75, 3.05) is 27.2 Å². The van der Waals surface area contributed by atoms with Crippen molar-refractivity contribution in [2.45, 2.75) is 19.4 Å². The summed E-state index contributed by atoms with van der Waals surface area (Å²) in [5.74, 6) is 0. The quantitative estimate of drug-likeness (QED) is 0.550. The van der Waals surface area contributed by atoms with E-state index in [1.807, 2.05) is 7.05 Å². The molecule has 3 nitrogen and oxygen atoms in total. The van der Waals surface area contributed by atoms with Crippen LogP contribution in [0.4, 0.5) is 0 Å². The van der Waals surface area contributed by atoms with Crippen molar-refractivity contribution < 1.29 is 4.79 Å².